The van der Waals surface area contributed by atoms with Crippen LogP contribution in [-0.2, 0) is 18.9 Å². The topological polar surface area (TPSA) is 166 Å². The molecule has 0 spiro atoms. The summed E-state index contributed by atoms with van der Waals surface area (Å²) in [5.41, 5.74) is -2.29. The molecule has 0 aliphatic heterocycles. The van der Waals surface area contributed by atoms with Gasteiger partial charge in [-0.05, 0) is 122 Å². The Bertz CT molecular complexity index is 1280. The summed E-state index contributed by atoms with van der Waals surface area (Å²) in [6, 6.07) is 4.22. The van der Waals surface area contributed by atoms with Crippen LogP contribution in [-0.4, -0.2) is 119 Å². The zero-order valence-electron chi connectivity index (χ0n) is 42.7. The van der Waals surface area contributed by atoms with Gasteiger partial charge in [-0.2, -0.15) is 10.5 Å². The molecule has 0 radical (unpaired) electrons. The third-order valence-corrected chi connectivity index (χ3v) is 9.91. The standard InChI is InChI=1S/C50H92N6O8/c1-47(2,3)61-43(57)53(37-27-21-23-29-39-55(41-31-33-51)45(59)63-49(7,8)9)35-25-19-17-15-13-14-16-18-20-26-36-54(44(58)62-48(4,5)6)38-28-22-24-30-40-56(42-32-34-52)46(60)64-50(10,11)12/h13-32,35-42H2,1-12H3. The molecular formula is C50H92N6O8. The van der Waals surface area contributed by atoms with Crippen LogP contribution in [0.4, 0.5) is 19.2 Å². The van der Waals surface area contributed by atoms with Crippen molar-refractivity contribution in [1.29, 1.82) is 10.5 Å². The zero-order valence-corrected chi connectivity index (χ0v) is 42.7. The Morgan fingerprint density at radius 1 is 0.312 bits per heavy atom. The lowest BCUT2D eigenvalue weighted by molar-refractivity contribution is 0.0228. The maximum absolute atomic E-state index is 13.0. The Balaban J connectivity index is 4.58. The summed E-state index contributed by atoms with van der Waals surface area (Å²) in [5, 5.41) is 18.0. The highest BCUT2D eigenvalue weighted by Gasteiger charge is 2.25. The van der Waals surface area contributed by atoms with Gasteiger partial charge in [0.2, 0.25) is 0 Å². The van der Waals surface area contributed by atoms with Crippen molar-refractivity contribution in [1.82, 2.24) is 19.6 Å². The number of hydrogen-bond donors (Lipinski definition) is 0. The number of hydrogen-bond acceptors (Lipinski definition) is 10. The van der Waals surface area contributed by atoms with Crippen molar-refractivity contribution in [3.63, 3.8) is 0 Å². The van der Waals surface area contributed by atoms with Crippen LogP contribution < -0.4 is 0 Å². The van der Waals surface area contributed by atoms with Crippen LogP contribution in [0.1, 0.15) is 212 Å². The first-order valence-electron chi connectivity index (χ1n) is 24.5. The van der Waals surface area contributed by atoms with E-state index in [2.05, 4.69) is 12.1 Å². The molecule has 14 heteroatoms. The maximum Gasteiger partial charge on any atom is 0.410 e. The molecule has 0 saturated carbocycles. The van der Waals surface area contributed by atoms with Gasteiger partial charge in [-0.25, -0.2) is 19.2 Å². The van der Waals surface area contributed by atoms with Crippen LogP contribution in [0.15, 0.2) is 0 Å². The molecule has 0 aliphatic rings. The number of unbranched alkanes of at least 4 members (excludes halogenated alkanes) is 15. The summed E-state index contributed by atoms with van der Waals surface area (Å²) < 4.78 is 22.5. The number of carbonyl (C=O) groups is 4. The molecule has 0 saturated heterocycles. The van der Waals surface area contributed by atoms with Gasteiger partial charge in [0.15, 0.2) is 0 Å². The van der Waals surface area contributed by atoms with Crippen LogP contribution in [0.2, 0.25) is 0 Å². The Hall–Kier alpha value is -3.94. The smallest absolute Gasteiger partial charge is 0.410 e. The second-order valence-corrected chi connectivity index (χ2v) is 21.0. The van der Waals surface area contributed by atoms with Crippen molar-refractivity contribution < 1.29 is 38.1 Å². The fourth-order valence-electron chi connectivity index (χ4n) is 6.79. The third-order valence-electron chi connectivity index (χ3n) is 9.91. The van der Waals surface area contributed by atoms with E-state index in [1.807, 2.05) is 92.9 Å². The summed E-state index contributed by atoms with van der Waals surface area (Å²) in [6.45, 7) is 26.8. The Labute approximate surface area is 390 Å². The van der Waals surface area contributed by atoms with Crippen LogP contribution in [0.5, 0.6) is 0 Å². The quantitative estimate of drug-likeness (QED) is 0.0482. The van der Waals surface area contributed by atoms with Crippen molar-refractivity contribution in [2.45, 2.75) is 234 Å². The number of nitriles is 2. The predicted octanol–water partition coefficient (Wildman–Crippen LogP) is 12.8. The molecule has 0 unspecified atom stereocenters. The van der Waals surface area contributed by atoms with E-state index in [0.29, 0.717) is 52.4 Å². The first kappa shape index (κ1) is 60.1. The van der Waals surface area contributed by atoms with Gasteiger partial charge in [-0.3, -0.25) is 0 Å². The van der Waals surface area contributed by atoms with E-state index in [0.717, 1.165) is 89.9 Å². The highest BCUT2D eigenvalue weighted by molar-refractivity contribution is 5.69. The normalized spacial score (nSPS) is 11.8. The van der Waals surface area contributed by atoms with Crippen molar-refractivity contribution in [3.05, 3.63) is 0 Å². The summed E-state index contributed by atoms with van der Waals surface area (Å²) >= 11 is 0. The molecule has 370 valence electrons. The van der Waals surface area contributed by atoms with E-state index in [9.17, 15) is 19.2 Å². The third kappa shape index (κ3) is 35.4. The van der Waals surface area contributed by atoms with Crippen molar-refractivity contribution in [2.75, 3.05) is 52.4 Å². The average molecular weight is 905 g/mol. The number of carbonyl (C=O) groups excluding carboxylic acids is 4. The molecule has 4 amide bonds. The van der Waals surface area contributed by atoms with Gasteiger partial charge in [0.05, 0.1) is 25.0 Å². The molecule has 0 N–H and O–H groups in total. The second-order valence-electron chi connectivity index (χ2n) is 21.0. The molecule has 0 aromatic rings. The minimum atomic E-state index is -0.588. The van der Waals surface area contributed by atoms with E-state index in [4.69, 9.17) is 29.5 Å². The van der Waals surface area contributed by atoms with Crippen molar-refractivity contribution >= 4 is 24.4 Å². The van der Waals surface area contributed by atoms with Gasteiger partial charge in [0, 0.05) is 52.4 Å². The monoisotopic (exact) mass is 905 g/mol. The predicted molar refractivity (Wildman–Crippen MR) is 255 cm³/mol. The summed E-state index contributed by atoms with van der Waals surface area (Å²) in [6.07, 6.45) is 17.2. The summed E-state index contributed by atoms with van der Waals surface area (Å²) in [4.78, 5) is 58.2. The average Bonchev–Trinajstić information content (AvgIpc) is 3.15. The first-order chi connectivity index (χ1) is 29.9. The second kappa shape index (κ2) is 32.7. The van der Waals surface area contributed by atoms with Crippen LogP contribution in [0.3, 0.4) is 0 Å². The van der Waals surface area contributed by atoms with E-state index in [1.54, 1.807) is 9.80 Å². The van der Waals surface area contributed by atoms with Crippen LogP contribution >= 0.6 is 0 Å². The molecule has 0 aromatic heterocycles. The molecule has 14 nitrogen and oxygen atoms in total. The molecule has 0 bridgehead atoms. The van der Waals surface area contributed by atoms with Crippen LogP contribution in [0.25, 0.3) is 0 Å². The van der Waals surface area contributed by atoms with E-state index in [-0.39, 0.29) is 37.2 Å². The highest BCUT2D eigenvalue weighted by Crippen LogP contribution is 2.18. The van der Waals surface area contributed by atoms with Crippen molar-refractivity contribution in [2.24, 2.45) is 0 Å². The Morgan fingerprint density at radius 2 is 0.469 bits per heavy atom. The van der Waals surface area contributed by atoms with Gasteiger partial charge in [-0.1, -0.05) is 77.0 Å². The zero-order chi connectivity index (χ0) is 48.7. The largest absolute Gasteiger partial charge is 0.444 e. The molecule has 0 aromatic carbocycles. The molecule has 0 aliphatic carbocycles. The molecule has 0 fully saturated rings. The molecule has 0 atom stereocenters. The fourth-order valence-corrected chi connectivity index (χ4v) is 6.79. The summed E-state index contributed by atoms with van der Waals surface area (Å²) in [7, 11) is 0. The minimum absolute atomic E-state index is 0.265. The number of rotatable bonds is 31. The lowest BCUT2D eigenvalue weighted by Crippen LogP contribution is -2.38. The lowest BCUT2D eigenvalue weighted by Gasteiger charge is -2.28. The lowest BCUT2D eigenvalue weighted by atomic mass is 10.1. The number of ether oxygens (including phenoxy) is 4. The summed E-state index contributed by atoms with van der Waals surface area (Å²) in [5.74, 6) is 0. The maximum atomic E-state index is 13.0. The van der Waals surface area contributed by atoms with E-state index < -0.39 is 22.4 Å². The number of nitrogens with zero attached hydrogens (tertiary/aromatic N) is 6. The highest BCUT2D eigenvalue weighted by atomic mass is 16.6. The van der Waals surface area contributed by atoms with Crippen LogP contribution in [0, 0.1) is 22.7 Å². The number of amides is 4. The van der Waals surface area contributed by atoms with E-state index >= 15 is 0 Å². The van der Waals surface area contributed by atoms with Gasteiger partial charge >= 0.3 is 24.4 Å². The molecular weight excluding hydrogens is 813 g/mol. The molecule has 0 heterocycles. The molecule has 64 heavy (non-hydrogen) atoms. The fraction of sp³-hybridized carbons (Fsp3) is 0.880. The Morgan fingerprint density at radius 3 is 0.625 bits per heavy atom. The first-order valence-corrected chi connectivity index (χ1v) is 24.5. The van der Waals surface area contributed by atoms with E-state index in [1.165, 1.54) is 25.7 Å². The van der Waals surface area contributed by atoms with Gasteiger partial charge in [-0.15, -0.1) is 0 Å². The van der Waals surface area contributed by atoms with Gasteiger partial charge in [0.1, 0.15) is 22.4 Å². The molecule has 0 rings (SSSR count). The van der Waals surface area contributed by atoms with Gasteiger partial charge < -0.3 is 38.5 Å². The minimum Gasteiger partial charge on any atom is -0.444 e. The van der Waals surface area contributed by atoms with Crippen molar-refractivity contribution in [3.8, 4) is 12.1 Å². The SMILES string of the molecule is CC(C)(C)OC(=O)N(CCC#N)CCCCCCN(CCCCCCCCCCCCN(CCCCCCN(CCC#N)C(=O)OC(C)(C)C)C(=O)OC(C)(C)C)C(=O)OC(C)(C)C. The van der Waals surface area contributed by atoms with Gasteiger partial charge in [0.25, 0.3) is 0 Å². The Kier molecular flexibility index (Phi) is 30.7.